The molecule has 7 nitrogen and oxygen atoms in total. The highest BCUT2D eigenvalue weighted by Gasteiger charge is 2.15. The van der Waals surface area contributed by atoms with Crippen LogP contribution in [0.3, 0.4) is 0 Å². The normalized spacial score (nSPS) is 10.0. The second-order valence-electron chi connectivity index (χ2n) is 4.69. The number of esters is 1. The first-order valence-electron chi connectivity index (χ1n) is 6.78. The lowest BCUT2D eigenvalue weighted by Gasteiger charge is -2.09. The minimum Gasteiger partial charge on any atom is -0.496 e. The molecule has 2 aromatic rings. The number of hydrogen-bond acceptors (Lipinski definition) is 6. The number of nitrogens with one attached hydrogen (secondary N) is 1. The van der Waals surface area contributed by atoms with Crippen LogP contribution < -0.4 is 10.1 Å². The van der Waals surface area contributed by atoms with Gasteiger partial charge in [0.05, 0.1) is 30.8 Å². The zero-order valence-corrected chi connectivity index (χ0v) is 12.7. The molecule has 0 atom stereocenters. The molecule has 23 heavy (non-hydrogen) atoms. The van der Waals surface area contributed by atoms with Crippen LogP contribution in [0.4, 0.5) is 11.4 Å². The molecule has 0 aliphatic heterocycles. The van der Waals surface area contributed by atoms with Crippen molar-refractivity contribution in [3.8, 4) is 5.75 Å². The molecule has 0 fully saturated rings. The number of methoxy groups -OCH3 is 2. The summed E-state index contributed by atoms with van der Waals surface area (Å²) in [6.45, 7) is 0.331. The van der Waals surface area contributed by atoms with Gasteiger partial charge in [0.1, 0.15) is 11.4 Å². The predicted octanol–water partition coefficient (Wildman–Crippen LogP) is 3.00. The summed E-state index contributed by atoms with van der Waals surface area (Å²) >= 11 is 0. The van der Waals surface area contributed by atoms with Gasteiger partial charge >= 0.3 is 5.97 Å². The Morgan fingerprint density at radius 1 is 1.22 bits per heavy atom. The summed E-state index contributed by atoms with van der Waals surface area (Å²) in [4.78, 5) is 22.2. The first-order valence-corrected chi connectivity index (χ1v) is 6.78. The number of benzene rings is 2. The summed E-state index contributed by atoms with van der Waals surface area (Å²) in [7, 11) is 2.76. The number of nitro groups is 1. The van der Waals surface area contributed by atoms with Crippen LogP contribution in [0.25, 0.3) is 0 Å². The van der Waals surface area contributed by atoms with E-state index in [1.54, 1.807) is 30.3 Å². The van der Waals surface area contributed by atoms with Crippen molar-refractivity contribution in [2.45, 2.75) is 6.54 Å². The van der Waals surface area contributed by atoms with E-state index in [1.807, 2.05) is 6.07 Å². The van der Waals surface area contributed by atoms with Crippen LogP contribution in [0, 0.1) is 10.1 Å². The van der Waals surface area contributed by atoms with Crippen molar-refractivity contribution in [3.05, 3.63) is 63.7 Å². The Hall–Kier alpha value is -3.09. The van der Waals surface area contributed by atoms with E-state index in [0.29, 0.717) is 23.5 Å². The topological polar surface area (TPSA) is 90.7 Å². The lowest BCUT2D eigenvalue weighted by molar-refractivity contribution is -0.384. The van der Waals surface area contributed by atoms with E-state index in [2.05, 4.69) is 10.1 Å². The fourth-order valence-electron chi connectivity index (χ4n) is 2.06. The second kappa shape index (κ2) is 7.26. The van der Waals surface area contributed by atoms with Gasteiger partial charge in [-0.25, -0.2) is 4.79 Å². The largest absolute Gasteiger partial charge is 0.496 e. The molecule has 0 spiro atoms. The van der Waals surface area contributed by atoms with E-state index in [0.717, 1.165) is 5.56 Å². The van der Waals surface area contributed by atoms with E-state index in [4.69, 9.17) is 4.74 Å². The highest BCUT2D eigenvalue weighted by atomic mass is 16.6. The van der Waals surface area contributed by atoms with Crippen LogP contribution in [0.5, 0.6) is 5.75 Å². The quantitative estimate of drug-likeness (QED) is 0.500. The average molecular weight is 316 g/mol. The molecule has 0 bridgehead atoms. The van der Waals surface area contributed by atoms with Gasteiger partial charge in [0.25, 0.3) is 5.69 Å². The van der Waals surface area contributed by atoms with Crippen LogP contribution in [0.15, 0.2) is 42.5 Å². The van der Waals surface area contributed by atoms with Crippen LogP contribution in [-0.4, -0.2) is 25.1 Å². The summed E-state index contributed by atoms with van der Waals surface area (Å²) < 4.78 is 9.66. The molecule has 0 saturated heterocycles. The van der Waals surface area contributed by atoms with Crippen molar-refractivity contribution in [1.29, 1.82) is 0 Å². The number of nitrogens with zero attached hydrogens (tertiary/aromatic N) is 1. The van der Waals surface area contributed by atoms with Crippen LogP contribution in [0.2, 0.25) is 0 Å². The van der Waals surface area contributed by atoms with Gasteiger partial charge in [-0.15, -0.1) is 0 Å². The van der Waals surface area contributed by atoms with Crippen molar-refractivity contribution in [3.63, 3.8) is 0 Å². The lowest BCUT2D eigenvalue weighted by Crippen LogP contribution is -2.05. The van der Waals surface area contributed by atoms with E-state index in [1.165, 1.54) is 20.3 Å². The summed E-state index contributed by atoms with van der Waals surface area (Å²) in [6, 6.07) is 11.4. The Kier molecular flexibility index (Phi) is 5.14. The first-order chi connectivity index (χ1) is 11.0. The molecule has 0 radical (unpaired) electrons. The molecular weight excluding hydrogens is 300 g/mol. The number of nitro benzene ring substituents is 1. The summed E-state index contributed by atoms with van der Waals surface area (Å²) in [6.07, 6.45) is 0. The SMILES string of the molecule is COC(=O)c1cccc(CNc2ccc(OC)cc2[N+](=O)[O-])c1. The van der Waals surface area contributed by atoms with Gasteiger partial charge in [-0.3, -0.25) is 10.1 Å². The molecule has 1 N–H and O–H groups in total. The highest BCUT2D eigenvalue weighted by Crippen LogP contribution is 2.29. The molecule has 0 aliphatic carbocycles. The Labute approximate surface area is 133 Å². The summed E-state index contributed by atoms with van der Waals surface area (Å²) in [5.74, 6) is -0.0165. The molecule has 120 valence electrons. The molecule has 2 aromatic carbocycles. The zero-order valence-electron chi connectivity index (χ0n) is 12.7. The van der Waals surface area contributed by atoms with Gasteiger partial charge < -0.3 is 14.8 Å². The number of anilines is 1. The molecule has 2 rings (SSSR count). The monoisotopic (exact) mass is 316 g/mol. The fourth-order valence-corrected chi connectivity index (χ4v) is 2.06. The Balaban J connectivity index is 2.18. The third kappa shape index (κ3) is 3.97. The maximum Gasteiger partial charge on any atom is 0.337 e. The Morgan fingerprint density at radius 3 is 2.65 bits per heavy atom. The van der Waals surface area contributed by atoms with E-state index in [9.17, 15) is 14.9 Å². The average Bonchev–Trinajstić information content (AvgIpc) is 2.59. The minimum absolute atomic E-state index is 0.0755. The maximum atomic E-state index is 11.5. The molecule has 7 heteroatoms. The molecule has 0 amide bonds. The molecule has 0 aromatic heterocycles. The van der Waals surface area contributed by atoms with Crippen molar-refractivity contribution in [1.82, 2.24) is 0 Å². The molecular formula is C16H16N2O5. The predicted molar refractivity (Wildman–Crippen MR) is 84.8 cm³/mol. The fraction of sp³-hybridized carbons (Fsp3) is 0.188. The first kappa shape index (κ1) is 16.3. The summed E-state index contributed by atoms with van der Waals surface area (Å²) in [5.41, 5.74) is 1.53. The second-order valence-corrected chi connectivity index (χ2v) is 4.69. The molecule has 0 unspecified atom stereocenters. The minimum atomic E-state index is -0.476. The van der Waals surface area contributed by atoms with Gasteiger partial charge in [-0.05, 0) is 29.8 Å². The number of rotatable bonds is 6. The number of carbonyl (C=O) groups is 1. The van der Waals surface area contributed by atoms with Gasteiger partial charge in [-0.1, -0.05) is 12.1 Å². The zero-order chi connectivity index (χ0) is 16.8. The Morgan fingerprint density at radius 2 is 2.00 bits per heavy atom. The highest BCUT2D eigenvalue weighted by molar-refractivity contribution is 5.89. The van der Waals surface area contributed by atoms with Crippen molar-refractivity contribution >= 4 is 17.3 Å². The van der Waals surface area contributed by atoms with Crippen molar-refractivity contribution in [2.75, 3.05) is 19.5 Å². The number of ether oxygens (including phenoxy) is 2. The number of hydrogen-bond donors (Lipinski definition) is 1. The third-order valence-corrected chi connectivity index (χ3v) is 3.23. The standard InChI is InChI=1S/C16H16N2O5/c1-22-13-6-7-14(15(9-13)18(20)21)17-10-11-4-3-5-12(8-11)16(19)23-2/h3-9,17H,10H2,1-2H3. The van der Waals surface area contributed by atoms with Gasteiger partial charge in [-0.2, -0.15) is 0 Å². The third-order valence-electron chi connectivity index (χ3n) is 3.23. The van der Waals surface area contributed by atoms with E-state index >= 15 is 0 Å². The maximum absolute atomic E-state index is 11.5. The molecule has 0 heterocycles. The summed E-state index contributed by atoms with van der Waals surface area (Å²) in [5, 5.41) is 14.1. The van der Waals surface area contributed by atoms with Gasteiger partial charge in [0.2, 0.25) is 0 Å². The van der Waals surface area contributed by atoms with Crippen LogP contribution in [-0.2, 0) is 11.3 Å². The lowest BCUT2D eigenvalue weighted by atomic mass is 10.1. The van der Waals surface area contributed by atoms with E-state index in [-0.39, 0.29) is 5.69 Å². The van der Waals surface area contributed by atoms with Crippen LogP contribution in [0.1, 0.15) is 15.9 Å². The molecule has 0 saturated carbocycles. The van der Waals surface area contributed by atoms with E-state index < -0.39 is 10.9 Å². The molecule has 0 aliphatic rings. The van der Waals surface area contributed by atoms with Crippen LogP contribution >= 0.6 is 0 Å². The van der Waals surface area contributed by atoms with Gasteiger partial charge in [0, 0.05) is 6.54 Å². The number of carbonyl (C=O) groups excluding carboxylic acids is 1. The van der Waals surface area contributed by atoms with Crippen molar-refractivity contribution in [2.24, 2.45) is 0 Å². The van der Waals surface area contributed by atoms with Gasteiger partial charge in [0.15, 0.2) is 0 Å². The smallest absolute Gasteiger partial charge is 0.337 e. The van der Waals surface area contributed by atoms with Crippen molar-refractivity contribution < 1.29 is 19.2 Å². The Bertz CT molecular complexity index is 730.